The van der Waals surface area contributed by atoms with E-state index in [-0.39, 0.29) is 11.9 Å². The first-order valence-corrected chi connectivity index (χ1v) is 7.78. The molecule has 1 amide bonds. The molecule has 20 heavy (non-hydrogen) atoms. The second kappa shape index (κ2) is 5.91. The summed E-state index contributed by atoms with van der Waals surface area (Å²) in [4.78, 5) is 29.5. The Hall–Kier alpha value is -1.43. The zero-order valence-corrected chi connectivity index (χ0v) is 12.8. The molecule has 1 N–H and O–H groups in total. The summed E-state index contributed by atoms with van der Waals surface area (Å²) in [5, 5.41) is 11.8. The second-order valence-electron chi connectivity index (χ2n) is 5.68. The molecule has 1 aromatic heterocycles. The molecule has 2 rings (SSSR count). The zero-order chi connectivity index (χ0) is 14.9. The average molecular weight is 296 g/mol. The summed E-state index contributed by atoms with van der Waals surface area (Å²) in [6.45, 7) is 5.76. The first kappa shape index (κ1) is 15.0. The van der Waals surface area contributed by atoms with Gasteiger partial charge in [-0.1, -0.05) is 13.8 Å². The standard InChI is InChI=1S/C14H20N2O3S/c1-8(2)6-12-15-11(7-20-12)13(17)16(10-4-5-10)9(3)14(18)19/h7-10H,4-6H2,1-3H3,(H,18,19). The van der Waals surface area contributed by atoms with Crippen molar-refractivity contribution in [1.82, 2.24) is 9.88 Å². The van der Waals surface area contributed by atoms with Gasteiger partial charge in [-0.3, -0.25) is 4.79 Å². The van der Waals surface area contributed by atoms with Gasteiger partial charge in [0.1, 0.15) is 11.7 Å². The van der Waals surface area contributed by atoms with E-state index < -0.39 is 12.0 Å². The van der Waals surface area contributed by atoms with Gasteiger partial charge in [-0.2, -0.15) is 0 Å². The Kier molecular flexibility index (Phi) is 4.42. The maximum Gasteiger partial charge on any atom is 0.326 e. The summed E-state index contributed by atoms with van der Waals surface area (Å²) < 4.78 is 0. The molecule has 1 atom stereocenters. The van der Waals surface area contributed by atoms with Crippen molar-refractivity contribution in [3.63, 3.8) is 0 Å². The predicted molar refractivity (Wildman–Crippen MR) is 76.9 cm³/mol. The van der Waals surface area contributed by atoms with Gasteiger partial charge in [0.25, 0.3) is 5.91 Å². The van der Waals surface area contributed by atoms with Crippen molar-refractivity contribution in [1.29, 1.82) is 0 Å². The van der Waals surface area contributed by atoms with E-state index in [0.717, 1.165) is 24.3 Å². The lowest BCUT2D eigenvalue weighted by Gasteiger charge is -2.25. The Labute approximate surface area is 122 Å². The fourth-order valence-electron chi connectivity index (χ4n) is 2.11. The molecular weight excluding hydrogens is 276 g/mol. The van der Waals surface area contributed by atoms with E-state index in [4.69, 9.17) is 5.11 Å². The van der Waals surface area contributed by atoms with Crippen LogP contribution in [0.4, 0.5) is 0 Å². The average Bonchev–Trinajstić information content (AvgIpc) is 3.08. The Morgan fingerprint density at radius 3 is 2.60 bits per heavy atom. The van der Waals surface area contributed by atoms with Crippen molar-refractivity contribution >= 4 is 23.2 Å². The van der Waals surface area contributed by atoms with Gasteiger partial charge in [0.05, 0.1) is 5.01 Å². The number of carbonyl (C=O) groups is 2. The Morgan fingerprint density at radius 1 is 1.45 bits per heavy atom. The van der Waals surface area contributed by atoms with Crippen LogP contribution in [-0.4, -0.2) is 39.0 Å². The maximum absolute atomic E-state index is 12.5. The van der Waals surface area contributed by atoms with Crippen molar-refractivity contribution in [2.24, 2.45) is 5.92 Å². The van der Waals surface area contributed by atoms with Crippen molar-refractivity contribution < 1.29 is 14.7 Å². The molecule has 1 unspecified atom stereocenters. The van der Waals surface area contributed by atoms with Crippen LogP contribution in [0.3, 0.4) is 0 Å². The van der Waals surface area contributed by atoms with Crippen LogP contribution >= 0.6 is 11.3 Å². The molecule has 6 heteroatoms. The van der Waals surface area contributed by atoms with Crippen LogP contribution in [-0.2, 0) is 11.2 Å². The molecule has 1 aromatic rings. The summed E-state index contributed by atoms with van der Waals surface area (Å²) >= 11 is 1.47. The van der Waals surface area contributed by atoms with Crippen LogP contribution in [0.5, 0.6) is 0 Å². The highest BCUT2D eigenvalue weighted by Crippen LogP contribution is 2.30. The topological polar surface area (TPSA) is 70.5 Å². The number of amides is 1. The molecule has 1 fully saturated rings. The summed E-state index contributed by atoms with van der Waals surface area (Å²) in [5.74, 6) is -0.738. The lowest BCUT2D eigenvalue weighted by Crippen LogP contribution is -2.44. The van der Waals surface area contributed by atoms with Gasteiger partial charge in [0, 0.05) is 17.8 Å². The third-order valence-corrected chi connectivity index (χ3v) is 4.17. The van der Waals surface area contributed by atoms with Gasteiger partial charge in [0.15, 0.2) is 0 Å². The second-order valence-corrected chi connectivity index (χ2v) is 6.62. The lowest BCUT2D eigenvalue weighted by molar-refractivity contribution is -0.141. The molecule has 5 nitrogen and oxygen atoms in total. The SMILES string of the molecule is CC(C)Cc1nc(C(=O)N(C2CC2)C(C)C(=O)O)cs1. The van der Waals surface area contributed by atoms with Crippen molar-refractivity contribution in [2.45, 2.75) is 52.1 Å². The molecule has 0 aromatic carbocycles. The summed E-state index contributed by atoms with van der Waals surface area (Å²) in [6.07, 6.45) is 2.61. The van der Waals surface area contributed by atoms with Crippen LogP contribution in [0.25, 0.3) is 0 Å². The van der Waals surface area contributed by atoms with E-state index in [1.54, 1.807) is 12.3 Å². The summed E-state index contributed by atoms with van der Waals surface area (Å²) in [6, 6.07) is -0.742. The number of thiazole rings is 1. The molecule has 1 aliphatic carbocycles. The van der Waals surface area contributed by atoms with Gasteiger partial charge >= 0.3 is 5.97 Å². The van der Waals surface area contributed by atoms with Crippen LogP contribution in [0, 0.1) is 5.92 Å². The van der Waals surface area contributed by atoms with Gasteiger partial charge in [-0.05, 0) is 25.7 Å². The first-order valence-electron chi connectivity index (χ1n) is 6.90. The molecule has 0 radical (unpaired) electrons. The third-order valence-electron chi connectivity index (χ3n) is 3.30. The van der Waals surface area contributed by atoms with Crippen molar-refractivity contribution in [3.8, 4) is 0 Å². The number of aromatic nitrogens is 1. The lowest BCUT2D eigenvalue weighted by atomic mass is 10.1. The molecule has 1 heterocycles. The minimum atomic E-state index is -0.970. The van der Waals surface area contributed by atoms with E-state index in [9.17, 15) is 9.59 Å². The van der Waals surface area contributed by atoms with Gasteiger partial charge < -0.3 is 10.0 Å². The van der Waals surface area contributed by atoms with Crippen LogP contribution in [0.15, 0.2) is 5.38 Å². The van der Waals surface area contributed by atoms with Crippen LogP contribution in [0.1, 0.15) is 49.1 Å². The summed E-state index contributed by atoms with van der Waals surface area (Å²) in [5.41, 5.74) is 0.380. The highest BCUT2D eigenvalue weighted by atomic mass is 32.1. The number of carbonyl (C=O) groups excluding carboxylic acids is 1. The number of rotatable bonds is 6. The Bertz CT molecular complexity index is 508. The van der Waals surface area contributed by atoms with Gasteiger partial charge in [-0.15, -0.1) is 11.3 Å². The van der Waals surface area contributed by atoms with E-state index in [0.29, 0.717) is 11.6 Å². The number of carboxylic acid groups (broad SMARTS) is 1. The Morgan fingerprint density at radius 2 is 2.10 bits per heavy atom. The van der Waals surface area contributed by atoms with E-state index in [1.807, 2.05) is 0 Å². The van der Waals surface area contributed by atoms with Gasteiger partial charge in [-0.25, -0.2) is 9.78 Å². The van der Waals surface area contributed by atoms with Crippen molar-refractivity contribution in [2.75, 3.05) is 0 Å². The van der Waals surface area contributed by atoms with E-state index in [2.05, 4.69) is 18.8 Å². The van der Waals surface area contributed by atoms with E-state index in [1.165, 1.54) is 16.2 Å². The monoisotopic (exact) mass is 296 g/mol. The van der Waals surface area contributed by atoms with Crippen LogP contribution < -0.4 is 0 Å². The molecule has 0 aliphatic heterocycles. The number of carboxylic acids is 1. The van der Waals surface area contributed by atoms with Gasteiger partial charge in [0.2, 0.25) is 0 Å². The number of hydrogen-bond donors (Lipinski definition) is 1. The summed E-state index contributed by atoms with van der Waals surface area (Å²) in [7, 11) is 0. The quantitative estimate of drug-likeness (QED) is 0.875. The smallest absolute Gasteiger partial charge is 0.326 e. The highest BCUT2D eigenvalue weighted by molar-refractivity contribution is 7.09. The predicted octanol–water partition coefficient (Wildman–Crippen LogP) is 2.42. The fraction of sp³-hybridized carbons (Fsp3) is 0.643. The number of aliphatic carboxylic acids is 1. The molecule has 0 spiro atoms. The largest absolute Gasteiger partial charge is 0.480 e. The Balaban J connectivity index is 2.15. The molecule has 0 bridgehead atoms. The minimum Gasteiger partial charge on any atom is -0.480 e. The fourth-order valence-corrected chi connectivity index (χ4v) is 3.10. The molecule has 1 aliphatic rings. The number of hydrogen-bond acceptors (Lipinski definition) is 4. The van der Waals surface area contributed by atoms with E-state index >= 15 is 0 Å². The van der Waals surface area contributed by atoms with Crippen LogP contribution in [0.2, 0.25) is 0 Å². The first-order chi connectivity index (χ1) is 9.40. The molecular formula is C14H20N2O3S. The normalized spacial score (nSPS) is 16.2. The molecule has 1 saturated carbocycles. The highest BCUT2D eigenvalue weighted by Gasteiger charge is 2.39. The zero-order valence-electron chi connectivity index (χ0n) is 12.0. The van der Waals surface area contributed by atoms with Crippen molar-refractivity contribution in [3.05, 3.63) is 16.1 Å². The number of nitrogens with zero attached hydrogens (tertiary/aromatic N) is 2. The molecule has 0 saturated heterocycles. The maximum atomic E-state index is 12.5. The third kappa shape index (κ3) is 3.36. The minimum absolute atomic E-state index is 0.0591. The molecule has 110 valence electrons.